The van der Waals surface area contributed by atoms with Crippen LogP contribution in [-0.4, -0.2) is 62.3 Å². The van der Waals surface area contributed by atoms with Crippen molar-refractivity contribution in [3.05, 3.63) is 66.1 Å². The summed E-state index contributed by atoms with van der Waals surface area (Å²) in [6.07, 6.45) is 10.00. The van der Waals surface area contributed by atoms with E-state index >= 15 is 0 Å². The lowest BCUT2D eigenvalue weighted by molar-refractivity contribution is 0.165. The number of pyridine rings is 1. The third-order valence-electron chi connectivity index (χ3n) is 8.16. The largest absolute Gasteiger partial charge is 0.395 e. The Morgan fingerprint density at radius 3 is 2.65 bits per heavy atom. The van der Waals surface area contributed by atoms with Crippen LogP contribution in [0.4, 0.5) is 17.3 Å². The van der Waals surface area contributed by atoms with Crippen molar-refractivity contribution < 1.29 is 5.11 Å². The molecule has 2 saturated heterocycles. The molecule has 0 radical (unpaired) electrons. The molecule has 0 saturated carbocycles. The first-order valence-corrected chi connectivity index (χ1v) is 13.4. The number of nitrogens with one attached hydrogen (secondary N) is 2. The van der Waals surface area contributed by atoms with Gasteiger partial charge in [0, 0.05) is 37.4 Å². The molecule has 0 aliphatic carbocycles. The van der Waals surface area contributed by atoms with Crippen molar-refractivity contribution >= 4 is 23.0 Å². The highest BCUT2D eigenvalue weighted by molar-refractivity contribution is 5.71. The highest BCUT2D eigenvalue weighted by Crippen LogP contribution is 2.37. The zero-order valence-electron chi connectivity index (χ0n) is 21.5. The molecule has 1 aromatic carbocycles. The number of anilines is 3. The number of aliphatic hydroxyl groups excluding tert-OH is 1. The fourth-order valence-corrected chi connectivity index (χ4v) is 5.80. The van der Waals surface area contributed by atoms with Crippen molar-refractivity contribution in [1.82, 2.24) is 29.7 Å². The fraction of sp³-hybridized carbons (Fsp3) is 0.464. The first-order chi connectivity index (χ1) is 18.1. The van der Waals surface area contributed by atoms with E-state index in [1.165, 1.54) is 24.0 Å². The summed E-state index contributed by atoms with van der Waals surface area (Å²) >= 11 is 0. The van der Waals surface area contributed by atoms with Crippen molar-refractivity contribution in [2.24, 2.45) is 5.92 Å². The summed E-state index contributed by atoms with van der Waals surface area (Å²) in [5, 5.41) is 26.3. The molecule has 9 nitrogen and oxygen atoms in total. The van der Waals surface area contributed by atoms with Crippen LogP contribution in [0.15, 0.2) is 55.0 Å². The molecule has 5 heterocycles. The van der Waals surface area contributed by atoms with Gasteiger partial charge in [-0.25, -0.2) is 4.52 Å². The lowest BCUT2D eigenvalue weighted by atomic mass is 9.73. The molecule has 2 aliphatic heterocycles. The van der Waals surface area contributed by atoms with E-state index in [2.05, 4.69) is 63.0 Å². The van der Waals surface area contributed by atoms with E-state index in [9.17, 15) is 5.11 Å². The SMILES string of the molecule is Cc1ccc(C2(CO)CCN(c3cccn4nc(Nc5cnn(CC6CCNCC6)c5)nc34)CC2)cc1. The molecule has 3 aromatic heterocycles. The van der Waals surface area contributed by atoms with Gasteiger partial charge in [0.2, 0.25) is 5.95 Å². The Bertz CT molecular complexity index is 1330. The Morgan fingerprint density at radius 2 is 1.89 bits per heavy atom. The van der Waals surface area contributed by atoms with Crippen molar-refractivity contribution in [2.75, 3.05) is 43.0 Å². The number of aromatic nitrogens is 5. The monoisotopic (exact) mass is 500 g/mol. The van der Waals surface area contributed by atoms with Crippen LogP contribution in [0.25, 0.3) is 5.65 Å². The van der Waals surface area contributed by atoms with Crippen LogP contribution < -0.4 is 15.5 Å². The summed E-state index contributed by atoms with van der Waals surface area (Å²) in [6.45, 7) is 7.10. The van der Waals surface area contributed by atoms with Gasteiger partial charge in [0.25, 0.3) is 0 Å². The van der Waals surface area contributed by atoms with Crippen LogP contribution in [0.2, 0.25) is 0 Å². The Morgan fingerprint density at radius 1 is 1.11 bits per heavy atom. The predicted molar refractivity (Wildman–Crippen MR) is 145 cm³/mol. The van der Waals surface area contributed by atoms with Crippen LogP contribution in [0.5, 0.6) is 0 Å². The van der Waals surface area contributed by atoms with E-state index in [-0.39, 0.29) is 12.0 Å². The quantitative estimate of drug-likeness (QED) is 0.357. The number of aliphatic hydroxyl groups is 1. The molecule has 0 atom stereocenters. The minimum Gasteiger partial charge on any atom is -0.395 e. The average molecular weight is 501 g/mol. The van der Waals surface area contributed by atoms with Gasteiger partial charge in [-0.05, 0) is 69.3 Å². The average Bonchev–Trinajstić information content (AvgIpc) is 3.56. The van der Waals surface area contributed by atoms with Crippen LogP contribution >= 0.6 is 0 Å². The first-order valence-electron chi connectivity index (χ1n) is 13.4. The number of aryl methyl sites for hydroxylation is 1. The molecule has 9 heteroatoms. The summed E-state index contributed by atoms with van der Waals surface area (Å²) in [5.74, 6) is 1.24. The van der Waals surface area contributed by atoms with E-state index in [1.54, 1.807) is 0 Å². The smallest absolute Gasteiger partial charge is 0.247 e. The van der Waals surface area contributed by atoms with Gasteiger partial charge in [-0.15, -0.1) is 5.10 Å². The Hall–Kier alpha value is -3.43. The van der Waals surface area contributed by atoms with E-state index in [0.29, 0.717) is 11.9 Å². The first kappa shape index (κ1) is 23.9. The lowest BCUT2D eigenvalue weighted by Crippen LogP contribution is -2.45. The third-order valence-corrected chi connectivity index (χ3v) is 8.16. The summed E-state index contributed by atoms with van der Waals surface area (Å²) in [7, 11) is 0. The van der Waals surface area contributed by atoms with Crippen molar-refractivity contribution in [2.45, 2.75) is 44.6 Å². The Balaban J connectivity index is 1.16. The maximum Gasteiger partial charge on any atom is 0.247 e. The van der Waals surface area contributed by atoms with Gasteiger partial charge in [0.05, 0.1) is 24.2 Å². The van der Waals surface area contributed by atoms with E-state index in [4.69, 9.17) is 4.98 Å². The maximum atomic E-state index is 10.4. The second-order valence-electron chi connectivity index (χ2n) is 10.7. The molecule has 2 aliphatic rings. The van der Waals surface area contributed by atoms with Gasteiger partial charge >= 0.3 is 0 Å². The molecular weight excluding hydrogens is 464 g/mol. The predicted octanol–water partition coefficient (Wildman–Crippen LogP) is 3.51. The van der Waals surface area contributed by atoms with Crippen molar-refractivity contribution in [3.63, 3.8) is 0 Å². The van der Waals surface area contributed by atoms with Gasteiger partial charge in [0.15, 0.2) is 5.65 Å². The zero-order valence-corrected chi connectivity index (χ0v) is 21.5. The molecule has 3 N–H and O–H groups in total. The second-order valence-corrected chi connectivity index (χ2v) is 10.7. The lowest BCUT2D eigenvalue weighted by Gasteiger charge is -2.42. The number of piperidine rings is 2. The zero-order chi connectivity index (χ0) is 25.2. The Kier molecular flexibility index (Phi) is 6.56. The fourth-order valence-electron chi connectivity index (χ4n) is 5.80. The summed E-state index contributed by atoms with van der Waals surface area (Å²) in [6, 6.07) is 12.8. The molecule has 4 aromatic rings. The number of nitrogens with zero attached hydrogens (tertiary/aromatic N) is 6. The van der Waals surface area contributed by atoms with Crippen LogP contribution in [0, 0.1) is 12.8 Å². The van der Waals surface area contributed by atoms with E-state index in [0.717, 1.165) is 62.6 Å². The topological polar surface area (TPSA) is 95.5 Å². The molecular formula is C28H36N8O. The normalized spacial score (nSPS) is 18.4. The number of fused-ring (bicyclic) bond motifs is 1. The number of hydrogen-bond donors (Lipinski definition) is 3. The standard InChI is InChI=1S/C28H36N8O/c1-21-4-6-23(7-5-21)28(20-37)10-15-34(16-11-28)25-3-2-14-36-26(25)32-27(33-36)31-24-17-30-35(19-24)18-22-8-12-29-13-9-22/h2-7,14,17,19,22,29,37H,8-13,15-16,18,20H2,1H3,(H,31,33). The van der Waals surface area contributed by atoms with E-state index < -0.39 is 0 Å². The minimum absolute atomic E-state index is 0.165. The van der Waals surface area contributed by atoms with Crippen LogP contribution in [-0.2, 0) is 12.0 Å². The van der Waals surface area contributed by atoms with Gasteiger partial charge in [-0.3, -0.25) is 4.68 Å². The number of rotatable bonds is 7. The minimum atomic E-state index is -0.191. The van der Waals surface area contributed by atoms with Gasteiger partial charge in [0.1, 0.15) is 0 Å². The van der Waals surface area contributed by atoms with Gasteiger partial charge in [-0.2, -0.15) is 10.1 Å². The highest BCUT2D eigenvalue weighted by Gasteiger charge is 2.36. The third kappa shape index (κ3) is 4.93. The molecule has 0 bridgehead atoms. The molecule has 37 heavy (non-hydrogen) atoms. The van der Waals surface area contributed by atoms with Crippen LogP contribution in [0.3, 0.4) is 0 Å². The molecule has 6 rings (SSSR count). The molecule has 194 valence electrons. The van der Waals surface area contributed by atoms with Crippen molar-refractivity contribution in [1.29, 1.82) is 0 Å². The second kappa shape index (κ2) is 10.1. The van der Waals surface area contributed by atoms with Crippen molar-refractivity contribution in [3.8, 4) is 0 Å². The molecule has 2 fully saturated rings. The highest BCUT2D eigenvalue weighted by atomic mass is 16.3. The number of benzene rings is 1. The molecule has 0 spiro atoms. The van der Waals surface area contributed by atoms with Gasteiger partial charge in [-0.1, -0.05) is 29.8 Å². The Labute approximate surface area is 217 Å². The van der Waals surface area contributed by atoms with Crippen LogP contribution in [0.1, 0.15) is 36.8 Å². The molecule has 0 amide bonds. The number of hydrogen-bond acceptors (Lipinski definition) is 7. The summed E-state index contributed by atoms with van der Waals surface area (Å²) in [4.78, 5) is 7.20. The molecule has 0 unspecified atom stereocenters. The van der Waals surface area contributed by atoms with E-state index in [1.807, 2.05) is 33.9 Å². The summed E-state index contributed by atoms with van der Waals surface area (Å²) in [5.41, 5.74) is 5.08. The van der Waals surface area contributed by atoms with Gasteiger partial charge < -0.3 is 20.6 Å². The summed E-state index contributed by atoms with van der Waals surface area (Å²) < 4.78 is 3.86. The maximum absolute atomic E-state index is 10.4.